The van der Waals surface area contributed by atoms with Gasteiger partial charge in [-0.05, 0) is 50.7 Å². The Morgan fingerprint density at radius 2 is 1.61 bits per heavy atom. The van der Waals surface area contributed by atoms with E-state index >= 15 is 0 Å². The smallest absolute Gasteiger partial charge is 0.408 e. The molecule has 1 aromatic heterocycles. The van der Waals surface area contributed by atoms with Gasteiger partial charge in [0.2, 0.25) is 11.8 Å². The lowest BCUT2D eigenvalue weighted by atomic mass is 9.71. The van der Waals surface area contributed by atoms with Gasteiger partial charge in [-0.1, -0.05) is 98.8 Å². The van der Waals surface area contributed by atoms with Crippen molar-refractivity contribution in [1.29, 1.82) is 0 Å². The number of nitrogens with two attached hydrogens (primary N) is 1. The number of anilines is 1. The molecule has 4 aromatic carbocycles. The van der Waals surface area contributed by atoms with Crippen molar-refractivity contribution in [2.75, 3.05) is 12.4 Å². The first-order chi connectivity index (χ1) is 26.0. The maximum absolute atomic E-state index is 14.7. The number of aromatic hydroxyl groups is 1. The zero-order valence-corrected chi connectivity index (χ0v) is 31.6. The number of methoxy groups -OCH3 is 1. The van der Waals surface area contributed by atoms with Gasteiger partial charge in [-0.2, -0.15) is 0 Å². The zero-order chi connectivity index (χ0) is 38.4. The topological polar surface area (TPSA) is 175 Å². The molecule has 2 amide bonds. The molecule has 0 fully saturated rings. The Bertz CT molecular complexity index is 2120. The minimum atomic E-state index is -1.80. The molecule has 5 N–H and O–H groups in total. The van der Waals surface area contributed by atoms with Crippen LogP contribution in [0.15, 0.2) is 106 Å². The third kappa shape index (κ3) is 7.88. The second-order valence-electron chi connectivity index (χ2n) is 13.3. The largest absolute Gasteiger partial charge is 0.508 e. The van der Waals surface area contributed by atoms with Crippen LogP contribution in [0.2, 0.25) is 0 Å². The Hall–Kier alpha value is -5.50. The summed E-state index contributed by atoms with van der Waals surface area (Å²) in [5, 5.41) is 17.3. The molecule has 0 spiro atoms. The average molecular weight is 798 g/mol. The van der Waals surface area contributed by atoms with Gasteiger partial charge in [0.15, 0.2) is 11.2 Å². The fraction of sp³-hybridized carbons (Fsp3) is 0.268. The number of carbonyl (C=O) groups excluding carboxylic acids is 3. The number of fused-ring (bicyclic) bond motifs is 1. The first kappa shape index (κ1) is 38.2. The molecule has 0 saturated carbocycles. The van der Waals surface area contributed by atoms with Gasteiger partial charge < -0.3 is 40.1 Å². The van der Waals surface area contributed by atoms with Gasteiger partial charge in [-0.25, -0.2) is 14.6 Å². The Kier molecular flexibility index (Phi) is 11.8. The molecule has 3 atom stereocenters. The van der Waals surface area contributed by atoms with E-state index in [-0.39, 0.29) is 55.1 Å². The van der Waals surface area contributed by atoms with Crippen LogP contribution in [0.4, 0.5) is 10.5 Å². The molecule has 12 nitrogen and oxygen atoms in total. The van der Waals surface area contributed by atoms with Gasteiger partial charge in [-0.3, -0.25) is 4.79 Å². The number of rotatable bonds is 14. The van der Waals surface area contributed by atoms with Crippen molar-refractivity contribution >= 4 is 39.6 Å². The van der Waals surface area contributed by atoms with E-state index in [9.17, 15) is 19.5 Å². The third-order valence-corrected chi connectivity index (χ3v) is 9.96. The molecule has 1 aliphatic heterocycles. The number of benzene rings is 4. The number of hydrogen-bond acceptors (Lipinski definition) is 10. The highest BCUT2D eigenvalue weighted by molar-refractivity contribution is 9.10. The van der Waals surface area contributed by atoms with Gasteiger partial charge in [-0.15, -0.1) is 0 Å². The number of nitrogens with one attached hydrogen (secondary N) is 2. The normalized spacial score (nSPS) is 16.0. The van der Waals surface area contributed by atoms with E-state index in [0.29, 0.717) is 27.0 Å². The number of para-hydroxylation sites is 1. The molecule has 54 heavy (non-hydrogen) atoms. The van der Waals surface area contributed by atoms with Gasteiger partial charge in [0.25, 0.3) is 0 Å². The van der Waals surface area contributed by atoms with Gasteiger partial charge in [0, 0.05) is 22.0 Å². The van der Waals surface area contributed by atoms with Gasteiger partial charge >= 0.3 is 12.1 Å². The number of carbonyl (C=O) groups is 3. The van der Waals surface area contributed by atoms with Crippen LogP contribution in [0.1, 0.15) is 65.1 Å². The predicted molar refractivity (Wildman–Crippen MR) is 203 cm³/mol. The number of ether oxygens (including phenoxy) is 3. The molecule has 280 valence electrons. The highest BCUT2D eigenvalue weighted by Gasteiger charge is 2.56. The van der Waals surface area contributed by atoms with Crippen LogP contribution in [0.3, 0.4) is 0 Å². The Labute approximate surface area is 321 Å². The maximum Gasteiger partial charge on any atom is 0.408 e. The standard InChI is InChI=1S/C41H41BrN4O8/c1-24(2)34(43)37-44-32(23-52-21-25-11-6-4-7-12-25)36(54-37)41(28-15-10-16-30(42)35(28)46-39(41)49)29-19-27(17-18-33(29)47)20-31(38(48)51-3)45-40(50)53-22-26-13-8-5-9-14-26/h4-19,24,31,34,47H,20-23,43H2,1-3H3,(H,45,50)(H,46,49)/t31-,34-,41-/m0/s1. The number of amides is 2. The molecule has 13 heteroatoms. The summed E-state index contributed by atoms with van der Waals surface area (Å²) < 4.78 is 23.7. The molecule has 5 aromatic rings. The first-order valence-corrected chi connectivity index (χ1v) is 18.2. The molecule has 6 rings (SSSR count). The predicted octanol–water partition coefficient (Wildman–Crippen LogP) is 6.81. The van der Waals surface area contributed by atoms with E-state index in [0.717, 1.165) is 11.1 Å². The minimum Gasteiger partial charge on any atom is -0.508 e. The lowest BCUT2D eigenvalue weighted by Crippen LogP contribution is -2.43. The average Bonchev–Trinajstić information content (AvgIpc) is 3.73. The molecule has 0 unspecified atom stereocenters. The highest BCUT2D eigenvalue weighted by atomic mass is 79.9. The minimum absolute atomic E-state index is 0.00639. The Morgan fingerprint density at radius 1 is 0.926 bits per heavy atom. The van der Waals surface area contributed by atoms with Crippen LogP contribution in [0.5, 0.6) is 5.75 Å². The van der Waals surface area contributed by atoms with E-state index in [1.165, 1.54) is 13.2 Å². The van der Waals surface area contributed by atoms with Crippen molar-refractivity contribution in [2.24, 2.45) is 11.7 Å². The number of nitrogens with zero attached hydrogens (tertiary/aromatic N) is 1. The van der Waals surface area contributed by atoms with Crippen molar-refractivity contribution in [2.45, 2.75) is 57.6 Å². The molecule has 0 bridgehead atoms. The van der Waals surface area contributed by atoms with Crippen molar-refractivity contribution < 1.29 is 38.1 Å². The van der Waals surface area contributed by atoms with Crippen LogP contribution in [-0.4, -0.2) is 41.2 Å². The lowest BCUT2D eigenvalue weighted by Gasteiger charge is -2.28. The number of esters is 1. The summed E-state index contributed by atoms with van der Waals surface area (Å²) in [7, 11) is 1.21. The summed E-state index contributed by atoms with van der Waals surface area (Å²) in [4.78, 5) is 45.3. The summed E-state index contributed by atoms with van der Waals surface area (Å²) in [5.41, 5.74) is 8.39. The number of phenolic OH excluding ortho intramolecular Hbond substituents is 1. The molecular formula is C41H41BrN4O8. The number of halogens is 1. The Morgan fingerprint density at radius 3 is 2.28 bits per heavy atom. The van der Waals surface area contributed by atoms with Crippen molar-refractivity contribution in [3.63, 3.8) is 0 Å². The van der Waals surface area contributed by atoms with E-state index in [1.54, 1.807) is 30.3 Å². The van der Waals surface area contributed by atoms with Gasteiger partial charge in [0.05, 0.1) is 32.1 Å². The van der Waals surface area contributed by atoms with Crippen LogP contribution in [0, 0.1) is 5.92 Å². The van der Waals surface area contributed by atoms with E-state index in [2.05, 4.69) is 26.6 Å². The van der Waals surface area contributed by atoms with E-state index in [4.69, 9.17) is 29.3 Å². The summed E-state index contributed by atoms with van der Waals surface area (Å²) >= 11 is 3.57. The summed E-state index contributed by atoms with van der Waals surface area (Å²) in [6.07, 6.45) is -0.898. The fourth-order valence-corrected chi connectivity index (χ4v) is 6.89. The maximum atomic E-state index is 14.7. The summed E-state index contributed by atoms with van der Waals surface area (Å²) in [6, 6.07) is 26.9. The zero-order valence-electron chi connectivity index (χ0n) is 30.0. The number of aromatic nitrogens is 1. The molecular weight excluding hydrogens is 756 g/mol. The molecule has 0 radical (unpaired) electrons. The number of oxazole rings is 1. The second kappa shape index (κ2) is 16.7. The molecule has 1 aliphatic rings. The first-order valence-electron chi connectivity index (χ1n) is 17.4. The van der Waals surface area contributed by atoms with E-state index < -0.39 is 35.5 Å². The highest BCUT2D eigenvalue weighted by Crippen LogP contribution is 2.53. The van der Waals surface area contributed by atoms with E-state index in [1.807, 2.05) is 74.5 Å². The monoisotopic (exact) mass is 796 g/mol. The Balaban J connectivity index is 1.43. The number of alkyl carbamates (subject to hydrolysis) is 1. The molecule has 0 aliphatic carbocycles. The fourth-order valence-electron chi connectivity index (χ4n) is 6.43. The molecule has 0 saturated heterocycles. The number of hydrogen-bond donors (Lipinski definition) is 4. The quantitative estimate of drug-likeness (QED) is 0.0874. The second-order valence-corrected chi connectivity index (χ2v) is 14.1. The summed E-state index contributed by atoms with van der Waals surface area (Å²) in [6.45, 7) is 4.08. The molecule has 2 heterocycles. The van der Waals surface area contributed by atoms with Crippen LogP contribution in [0.25, 0.3) is 0 Å². The van der Waals surface area contributed by atoms with Crippen molar-refractivity contribution in [3.8, 4) is 5.75 Å². The lowest BCUT2D eigenvalue weighted by molar-refractivity contribution is -0.143. The van der Waals surface area contributed by atoms with Crippen molar-refractivity contribution in [1.82, 2.24) is 10.3 Å². The van der Waals surface area contributed by atoms with Crippen LogP contribution < -0.4 is 16.4 Å². The van der Waals surface area contributed by atoms with Crippen LogP contribution >= 0.6 is 15.9 Å². The van der Waals surface area contributed by atoms with Gasteiger partial charge in [0.1, 0.15) is 24.1 Å². The van der Waals surface area contributed by atoms with Crippen molar-refractivity contribution in [3.05, 3.63) is 147 Å². The third-order valence-electron chi connectivity index (χ3n) is 9.30. The summed E-state index contributed by atoms with van der Waals surface area (Å²) in [5.74, 6) is -1.21. The number of phenols is 1. The van der Waals surface area contributed by atoms with Crippen LogP contribution in [-0.2, 0) is 55.5 Å². The SMILES string of the molecule is COC(=O)[C@H](Cc1ccc(O)c([C@@]2(c3oc([C@@H](N)C(C)C)nc3COCc3ccccc3)C(=O)Nc3c(Br)cccc32)c1)NC(=O)OCc1ccccc1.